The Bertz CT molecular complexity index is 1290. The summed E-state index contributed by atoms with van der Waals surface area (Å²) in [5.41, 5.74) is 11.0. The van der Waals surface area contributed by atoms with E-state index in [1.165, 1.54) is 26.8 Å². The van der Waals surface area contributed by atoms with Crippen molar-refractivity contribution in [1.29, 1.82) is 5.26 Å². The third-order valence-corrected chi connectivity index (χ3v) is 5.52. The highest BCUT2D eigenvalue weighted by Crippen LogP contribution is 2.45. The summed E-state index contributed by atoms with van der Waals surface area (Å²) in [6.07, 6.45) is -4.23. The SMILES string of the molecule is CC(C)(C)C(n1nc(-c2ccc(CCOc3ccc(F)cc3C(N)=O)cc2)c(C#N)c1N)C(F)(F)F. The first kappa shape index (κ1) is 26.5. The fourth-order valence-corrected chi connectivity index (χ4v) is 3.88. The summed E-state index contributed by atoms with van der Waals surface area (Å²) in [6.45, 7) is 4.42. The van der Waals surface area contributed by atoms with E-state index in [0.717, 1.165) is 17.7 Å². The molecule has 1 aromatic heterocycles. The fourth-order valence-electron chi connectivity index (χ4n) is 3.88. The lowest BCUT2D eigenvalue weighted by Crippen LogP contribution is -2.38. The van der Waals surface area contributed by atoms with Crippen LogP contribution in [0.2, 0.25) is 0 Å². The number of ether oxygens (including phenoxy) is 1. The van der Waals surface area contributed by atoms with Crippen LogP contribution < -0.4 is 16.2 Å². The Kier molecular flexibility index (Phi) is 7.29. The molecule has 0 radical (unpaired) electrons. The van der Waals surface area contributed by atoms with Crippen molar-refractivity contribution in [3.63, 3.8) is 0 Å². The summed E-state index contributed by atoms with van der Waals surface area (Å²) >= 11 is 0. The van der Waals surface area contributed by atoms with Gasteiger partial charge in [-0.05, 0) is 29.2 Å². The molecule has 36 heavy (non-hydrogen) atoms. The Labute approximate surface area is 205 Å². The van der Waals surface area contributed by atoms with Crippen LogP contribution in [0.5, 0.6) is 5.75 Å². The summed E-state index contributed by atoms with van der Waals surface area (Å²) in [5, 5.41) is 13.7. The van der Waals surface area contributed by atoms with Gasteiger partial charge in [0.25, 0.3) is 5.91 Å². The molecule has 1 heterocycles. The zero-order valence-electron chi connectivity index (χ0n) is 19.9. The first-order valence-corrected chi connectivity index (χ1v) is 10.9. The van der Waals surface area contributed by atoms with Gasteiger partial charge in [-0.2, -0.15) is 23.5 Å². The number of primary amides is 1. The molecule has 0 spiro atoms. The van der Waals surface area contributed by atoms with Crippen LogP contribution in [-0.4, -0.2) is 28.5 Å². The Balaban J connectivity index is 1.82. The van der Waals surface area contributed by atoms with Crippen LogP contribution in [-0.2, 0) is 6.42 Å². The van der Waals surface area contributed by atoms with Crippen LogP contribution in [0.25, 0.3) is 11.3 Å². The molecular weight excluding hydrogens is 478 g/mol. The number of aromatic nitrogens is 2. The maximum atomic E-state index is 13.9. The van der Waals surface area contributed by atoms with Crippen molar-refractivity contribution < 1.29 is 27.1 Å². The predicted molar refractivity (Wildman–Crippen MR) is 125 cm³/mol. The topological polar surface area (TPSA) is 120 Å². The number of hydrogen-bond donors (Lipinski definition) is 2. The highest BCUT2D eigenvalue weighted by Gasteiger charge is 2.50. The number of alkyl halides is 3. The van der Waals surface area contributed by atoms with Crippen LogP contribution in [0, 0.1) is 22.6 Å². The quantitative estimate of drug-likeness (QED) is 0.439. The van der Waals surface area contributed by atoms with E-state index in [-0.39, 0.29) is 35.0 Å². The zero-order valence-corrected chi connectivity index (χ0v) is 19.9. The molecule has 190 valence electrons. The van der Waals surface area contributed by atoms with Crippen molar-refractivity contribution in [2.45, 2.75) is 39.4 Å². The second kappa shape index (κ2) is 9.89. The molecule has 0 aliphatic heterocycles. The van der Waals surface area contributed by atoms with Crippen LogP contribution in [0.15, 0.2) is 42.5 Å². The van der Waals surface area contributed by atoms with Crippen molar-refractivity contribution in [3.05, 3.63) is 65.0 Å². The fraction of sp³-hybridized carbons (Fsp3) is 0.320. The van der Waals surface area contributed by atoms with Gasteiger partial charge in [-0.1, -0.05) is 45.0 Å². The Morgan fingerprint density at radius 3 is 2.33 bits per heavy atom. The predicted octanol–water partition coefficient (Wildman–Crippen LogP) is 5.01. The Hall–Kier alpha value is -4.07. The minimum Gasteiger partial charge on any atom is -0.492 e. The number of hydrogen-bond acceptors (Lipinski definition) is 5. The highest BCUT2D eigenvalue weighted by atomic mass is 19.4. The number of rotatable bonds is 7. The van der Waals surface area contributed by atoms with Gasteiger partial charge < -0.3 is 16.2 Å². The minimum absolute atomic E-state index is 0.0497. The number of halogens is 4. The number of carbonyl (C=O) groups excluding carboxylic acids is 1. The lowest BCUT2D eigenvalue weighted by Gasteiger charge is -2.33. The van der Waals surface area contributed by atoms with E-state index >= 15 is 0 Å². The third kappa shape index (κ3) is 5.59. The van der Waals surface area contributed by atoms with Gasteiger partial charge in [0, 0.05) is 12.0 Å². The lowest BCUT2D eigenvalue weighted by molar-refractivity contribution is -0.194. The number of nitrogens with zero attached hydrogens (tertiary/aromatic N) is 3. The average molecular weight is 504 g/mol. The molecule has 0 aliphatic carbocycles. The smallest absolute Gasteiger partial charge is 0.411 e. The molecule has 7 nitrogen and oxygen atoms in total. The summed E-state index contributed by atoms with van der Waals surface area (Å²) in [5.74, 6) is -1.64. The molecular formula is C25H25F4N5O2. The summed E-state index contributed by atoms with van der Waals surface area (Å²) in [4.78, 5) is 11.5. The number of carbonyl (C=O) groups is 1. The van der Waals surface area contributed by atoms with Crippen LogP contribution >= 0.6 is 0 Å². The molecule has 3 rings (SSSR count). The molecule has 0 fully saturated rings. The van der Waals surface area contributed by atoms with E-state index in [9.17, 15) is 27.6 Å². The van der Waals surface area contributed by atoms with Gasteiger partial charge in [-0.15, -0.1) is 0 Å². The normalized spacial score (nSPS) is 12.7. The van der Waals surface area contributed by atoms with Crippen molar-refractivity contribution in [3.8, 4) is 23.1 Å². The Morgan fingerprint density at radius 1 is 1.17 bits per heavy atom. The van der Waals surface area contributed by atoms with E-state index in [4.69, 9.17) is 16.2 Å². The number of amides is 1. The van der Waals surface area contributed by atoms with Gasteiger partial charge in [0.05, 0.1) is 12.2 Å². The molecule has 11 heteroatoms. The maximum absolute atomic E-state index is 13.9. The van der Waals surface area contributed by atoms with Crippen LogP contribution in [0.1, 0.15) is 48.3 Å². The van der Waals surface area contributed by atoms with E-state index in [1.807, 2.05) is 6.07 Å². The number of nitriles is 1. The molecule has 0 bridgehead atoms. The van der Waals surface area contributed by atoms with Gasteiger partial charge in [-0.3, -0.25) is 4.79 Å². The molecule has 0 saturated heterocycles. The average Bonchev–Trinajstić information content (AvgIpc) is 3.08. The summed E-state index contributed by atoms with van der Waals surface area (Å²) in [6, 6.07) is 9.95. The van der Waals surface area contributed by atoms with E-state index in [2.05, 4.69) is 5.10 Å². The number of nitrogens with two attached hydrogens (primary N) is 2. The van der Waals surface area contributed by atoms with Gasteiger partial charge in [0.15, 0.2) is 6.04 Å². The largest absolute Gasteiger partial charge is 0.492 e. The van der Waals surface area contributed by atoms with Gasteiger partial charge in [0.1, 0.15) is 34.7 Å². The van der Waals surface area contributed by atoms with Gasteiger partial charge >= 0.3 is 6.18 Å². The minimum atomic E-state index is -4.63. The molecule has 3 aromatic rings. The second-order valence-electron chi connectivity index (χ2n) is 9.28. The first-order chi connectivity index (χ1) is 16.7. The highest BCUT2D eigenvalue weighted by molar-refractivity contribution is 5.95. The third-order valence-electron chi connectivity index (χ3n) is 5.52. The molecule has 1 unspecified atom stereocenters. The van der Waals surface area contributed by atoms with Crippen molar-refractivity contribution in [1.82, 2.24) is 9.78 Å². The van der Waals surface area contributed by atoms with Crippen molar-refractivity contribution in [2.75, 3.05) is 12.3 Å². The molecule has 2 aromatic carbocycles. The standard InChI is InChI=1S/C25H25F4N5O2/c1-24(2,3)23(25(27,28)29)34-21(31)18(13-30)20(33-34)15-6-4-14(5-7-15)10-11-36-19-9-8-16(26)12-17(19)22(32)35/h4-9,12,23H,10-11,31H2,1-3H3,(H2,32,35). The number of benzene rings is 2. The number of nitrogen functional groups attached to an aromatic ring is 1. The van der Waals surface area contributed by atoms with Crippen LogP contribution in [0.3, 0.4) is 0 Å². The van der Waals surface area contributed by atoms with Crippen molar-refractivity contribution >= 4 is 11.7 Å². The maximum Gasteiger partial charge on any atom is 0.411 e. The molecule has 0 aliphatic rings. The first-order valence-electron chi connectivity index (χ1n) is 10.9. The Morgan fingerprint density at radius 2 is 1.81 bits per heavy atom. The summed E-state index contributed by atoms with van der Waals surface area (Å²) < 4.78 is 61.2. The molecule has 4 N–H and O–H groups in total. The van der Waals surface area contributed by atoms with E-state index < -0.39 is 29.4 Å². The van der Waals surface area contributed by atoms with Gasteiger partial charge in [-0.25, -0.2) is 9.07 Å². The van der Waals surface area contributed by atoms with E-state index in [0.29, 0.717) is 16.7 Å². The monoisotopic (exact) mass is 503 g/mol. The van der Waals surface area contributed by atoms with Crippen LogP contribution in [0.4, 0.5) is 23.4 Å². The summed E-state index contributed by atoms with van der Waals surface area (Å²) in [7, 11) is 0. The molecule has 1 amide bonds. The second-order valence-corrected chi connectivity index (χ2v) is 9.28. The molecule has 0 saturated carbocycles. The van der Waals surface area contributed by atoms with Crippen molar-refractivity contribution in [2.24, 2.45) is 11.1 Å². The lowest BCUT2D eigenvalue weighted by atomic mass is 9.86. The molecule has 1 atom stereocenters. The van der Waals surface area contributed by atoms with E-state index in [1.54, 1.807) is 24.3 Å². The number of anilines is 1. The van der Waals surface area contributed by atoms with Gasteiger partial charge in [0.2, 0.25) is 0 Å². The zero-order chi connectivity index (χ0) is 26.8.